The second-order valence-corrected chi connectivity index (χ2v) is 7.84. The van der Waals surface area contributed by atoms with E-state index in [9.17, 15) is 18.0 Å². The highest BCUT2D eigenvalue weighted by Gasteiger charge is 2.35. The van der Waals surface area contributed by atoms with Gasteiger partial charge in [0.25, 0.3) is 0 Å². The summed E-state index contributed by atoms with van der Waals surface area (Å²) in [4.78, 5) is 22.4. The molecule has 160 valence electrons. The topological polar surface area (TPSA) is 39.7 Å². The van der Waals surface area contributed by atoms with Crippen molar-refractivity contribution in [1.82, 2.24) is 14.8 Å². The molecule has 3 heterocycles. The molecule has 5 nitrogen and oxygen atoms in total. The van der Waals surface area contributed by atoms with Gasteiger partial charge in [0.1, 0.15) is 5.69 Å². The number of rotatable bonds is 4. The van der Waals surface area contributed by atoms with Gasteiger partial charge in [0.2, 0.25) is 5.91 Å². The number of pyridine rings is 1. The monoisotopic (exact) mass is 418 g/mol. The van der Waals surface area contributed by atoms with Crippen LogP contribution in [0.3, 0.4) is 0 Å². The summed E-state index contributed by atoms with van der Waals surface area (Å²) in [6.45, 7) is 3.83. The number of halogens is 3. The Hall–Kier alpha value is -2.45. The van der Waals surface area contributed by atoms with E-state index in [4.69, 9.17) is 0 Å². The molecule has 1 fully saturated rings. The maximum atomic E-state index is 13.2. The average Bonchev–Trinajstić information content (AvgIpc) is 2.74. The minimum atomic E-state index is -4.45. The normalized spacial score (nSPS) is 18.3. The number of nitrogens with zero attached hydrogens (tertiary/aromatic N) is 4. The van der Waals surface area contributed by atoms with Gasteiger partial charge in [0, 0.05) is 51.2 Å². The van der Waals surface area contributed by atoms with E-state index in [2.05, 4.69) is 16.0 Å². The number of aryl methyl sites for hydroxylation is 1. The standard InChI is InChI=1S/C22H25F3N4O/c23-22(24,25)21-18(6-3-9-26-21)15-27-11-13-28(14-12-27)16-20(30)29-10-4-7-17-5-1-2-8-19(17)29/h1-3,5-6,8-9H,4,7,10-16H2. The first kappa shape index (κ1) is 20.8. The molecule has 0 unspecified atom stereocenters. The van der Waals surface area contributed by atoms with Crippen LogP contribution < -0.4 is 4.90 Å². The van der Waals surface area contributed by atoms with Crippen molar-refractivity contribution in [3.05, 3.63) is 59.4 Å². The van der Waals surface area contributed by atoms with Crippen molar-refractivity contribution in [2.45, 2.75) is 25.6 Å². The lowest BCUT2D eigenvalue weighted by Gasteiger charge is -2.36. The molecule has 2 aliphatic heterocycles. The van der Waals surface area contributed by atoms with Gasteiger partial charge in [-0.05, 0) is 36.1 Å². The predicted molar refractivity (Wildman–Crippen MR) is 108 cm³/mol. The van der Waals surface area contributed by atoms with Crippen LogP contribution in [0.15, 0.2) is 42.6 Å². The van der Waals surface area contributed by atoms with E-state index in [1.165, 1.54) is 23.9 Å². The Balaban J connectivity index is 1.32. The molecule has 0 bridgehead atoms. The van der Waals surface area contributed by atoms with Gasteiger partial charge in [-0.15, -0.1) is 0 Å². The Bertz CT molecular complexity index is 894. The molecule has 8 heteroatoms. The van der Waals surface area contributed by atoms with Crippen LogP contribution in [0.4, 0.5) is 18.9 Å². The van der Waals surface area contributed by atoms with Crippen LogP contribution in [-0.4, -0.2) is 60.0 Å². The summed E-state index contributed by atoms with van der Waals surface area (Å²) < 4.78 is 39.5. The van der Waals surface area contributed by atoms with Crippen molar-refractivity contribution in [3.8, 4) is 0 Å². The van der Waals surface area contributed by atoms with Gasteiger partial charge in [-0.3, -0.25) is 19.6 Å². The maximum Gasteiger partial charge on any atom is 0.433 e. The number of para-hydroxylation sites is 1. The van der Waals surface area contributed by atoms with Crippen LogP contribution in [0.2, 0.25) is 0 Å². The molecule has 0 saturated carbocycles. The van der Waals surface area contributed by atoms with Crippen LogP contribution in [0.1, 0.15) is 23.2 Å². The number of alkyl halides is 3. The van der Waals surface area contributed by atoms with Crippen molar-refractivity contribution >= 4 is 11.6 Å². The molecule has 30 heavy (non-hydrogen) atoms. The van der Waals surface area contributed by atoms with Gasteiger partial charge < -0.3 is 4.90 Å². The fourth-order valence-electron chi connectivity index (χ4n) is 4.24. The largest absolute Gasteiger partial charge is 0.433 e. The van der Waals surface area contributed by atoms with E-state index in [1.54, 1.807) is 0 Å². The number of benzene rings is 1. The second kappa shape index (κ2) is 8.73. The first-order chi connectivity index (χ1) is 14.4. The SMILES string of the molecule is O=C(CN1CCN(Cc2cccnc2C(F)(F)F)CC1)N1CCCc2ccccc21. The Labute approximate surface area is 174 Å². The van der Waals surface area contributed by atoms with Gasteiger partial charge >= 0.3 is 6.18 Å². The summed E-state index contributed by atoms with van der Waals surface area (Å²) in [6.07, 6.45) is -1.32. The molecule has 2 aromatic rings. The lowest BCUT2D eigenvalue weighted by Crippen LogP contribution is -2.50. The van der Waals surface area contributed by atoms with Crippen LogP contribution in [0.5, 0.6) is 0 Å². The molecule has 0 aliphatic carbocycles. The summed E-state index contributed by atoms with van der Waals surface area (Å²) in [5.74, 6) is 0.0854. The van der Waals surface area contributed by atoms with E-state index in [1.807, 2.05) is 28.0 Å². The number of aromatic nitrogens is 1. The molecule has 0 spiro atoms. The Morgan fingerprint density at radius 2 is 1.70 bits per heavy atom. The molecule has 1 aromatic heterocycles. The van der Waals surface area contributed by atoms with Crippen molar-refractivity contribution < 1.29 is 18.0 Å². The summed E-state index contributed by atoms with van der Waals surface area (Å²) in [5, 5.41) is 0. The summed E-state index contributed by atoms with van der Waals surface area (Å²) >= 11 is 0. The number of piperazine rings is 1. The number of anilines is 1. The number of fused-ring (bicyclic) bond motifs is 1. The molecule has 4 rings (SSSR count). The van der Waals surface area contributed by atoms with E-state index in [0.717, 1.165) is 25.1 Å². The third-order valence-electron chi connectivity index (χ3n) is 5.79. The summed E-state index contributed by atoms with van der Waals surface area (Å²) in [7, 11) is 0. The zero-order valence-corrected chi connectivity index (χ0v) is 16.7. The van der Waals surface area contributed by atoms with Gasteiger partial charge in [-0.25, -0.2) is 0 Å². The van der Waals surface area contributed by atoms with E-state index in [0.29, 0.717) is 32.7 Å². The van der Waals surface area contributed by atoms with E-state index < -0.39 is 11.9 Å². The molecular formula is C22H25F3N4O. The number of amides is 1. The molecule has 0 N–H and O–H groups in total. The van der Waals surface area contributed by atoms with Crippen molar-refractivity contribution in [2.75, 3.05) is 44.2 Å². The number of hydrogen-bond donors (Lipinski definition) is 0. The van der Waals surface area contributed by atoms with Gasteiger partial charge in [-0.2, -0.15) is 13.2 Å². The zero-order chi connectivity index (χ0) is 21.1. The quantitative estimate of drug-likeness (QED) is 0.765. The predicted octanol–water partition coefficient (Wildman–Crippen LogP) is 3.20. The van der Waals surface area contributed by atoms with Crippen LogP contribution in [-0.2, 0) is 23.9 Å². The minimum Gasteiger partial charge on any atom is -0.311 e. The van der Waals surface area contributed by atoms with Gasteiger partial charge in [0.15, 0.2) is 0 Å². The van der Waals surface area contributed by atoms with Crippen LogP contribution >= 0.6 is 0 Å². The highest BCUT2D eigenvalue weighted by atomic mass is 19.4. The molecule has 0 radical (unpaired) electrons. The zero-order valence-electron chi connectivity index (χ0n) is 16.7. The summed E-state index contributed by atoms with van der Waals surface area (Å²) in [6, 6.07) is 11.0. The van der Waals surface area contributed by atoms with E-state index in [-0.39, 0.29) is 18.0 Å². The lowest BCUT2D eigenvalue weighted by atomic mass is 10.0. The number of carbonyl (C=O) groups is 1. The second-order valence-electron chi connectivity index (χ2n) is 7.84. The number of hydrogen-bond acceptors (Lipinski definition) is 4. The molecule has 1 saturated heterocycles. The highest BCUT2D eigenvalue weighted by molar-refractivity contribution is 5.95. The Morgan fingerprint density at radius 1 is 0.967 bits per heavy atom. The molecule has 1 aromatic carbocycles. The van der Waals surface area contributed by atoms with Crippen LogP contribution in [0.25, 0.3) is 0 Å². The smallest absolute Gasteiger partial charge is 0.311 e. The fraction of sp³-hybridized carbons (Fsp3) is 0.455. The lowest BCUT2D eigenvalue weighted by molar-refractivity contribution is -0.142. The molecule has 2 aliphatic rings. The Kier molecular flexibility index (Phi) is 6.06. The third kappa shape index (κ3) is 4.65. The summed E-state index contributed by atoms with van der Waals surface area (Å²) in [5.41, 5.74) is 1.59. The molecule has 0 atom stereocenters. The van der Waals surface area contributed by atoms with Crippen molar-refractivity contribution in [1.29, 1.82) is 0 Å². The first-order valence-electron chi connectivity index (χ1n) is 10.3. The van der Waals surface area contributed by atoms with Crippen molar-refractivity contribution in [3.63, 3.8) is 0 Å². The van der Waals surface area contributed by atoms with Gasteiger partial charge in [0.05, 0.1) is 6.54 Å². The fourth-order valence-corrected chi connectivity index (χ4v) is 4.24. The number of carbonyl (C=O) groups excluding carboxylic acids is 1. The van der Waals surface area contributed by atoms with Gasteiger partial charge in [-0.1, -0.05) is 24.3 Å². The molecule has 1 amide bonds. The maximum absolute atomic E-state index is 13.2. The Morgan fingerprint density at radius 3 is 2.47 bits per heavy atom. The minimum absolute atomic E-state index is 0.0854. The average molecular weight is 418 g/mol. The highest BCUT2D eigenvalue weighted by Crippen LogP contribution is 2.31. The third-order valence-corrected chi connectivity index (χ3v) is 5.79. The molecular weight excluding hydrogens is 393 g/mol. The van der Waals surface area contributed by atoms with E-state index >= 15 is 0 Å². The van der Waals surface area contributed by atoms with Crippen LogP contribution in [0, 0.1) is 0 Å². The van der Waals surface area contributed by atoms with Crippen molar-refractivity contribution in [2.24, 2.45) is 0 Å². The first-order valence-corrected chi connectivity index (χ1v) is 10.3.